The van der Waals surface area contributed by atoms with E-state index in [1.165, 1.54) is 13.0 Å². The summed E-state index contributed by atoms with van der Waals surface area (Å²) in [4.78, 5) is 11.5. The van der Waals surface area contributed by atoms with Gasteiger partial charge in [0.1, 0.15) is 5.75 Å². The summed E-state index contributed by atoms with van der Waals surface area (Å²) >= 11 is 0. The highest BCUT2D eigenvalue weighted by Gasteiger charge is 2.18. The monoisotopic (exact) mass is 229 g/mol. The fourth-order valence-corrected chi connectivity index (χ4v) is 1.41. The molecule has 16 heavy (non-hydrogen) atoms. The minimum Gasteiger partial charge on any atom is -0.507 e. The molecule has 0 bridgehead atoms. The molecule has 0 saturated carbocycles. The number of alkyl halides is 2. The third kappa shape index (κ3) is 2.55. The van der Waals surface area contributed by atoms with Gasteiger partial charge in [0.25, 0.3) is 6.43 Å². The third-order valence-electron chi connectivity index (χ3n) is 2.26. The molecule has 0 heterocycles. The lowest BCUT2D eigenvalue weighted by Crippen LogP contribution is -2.09. The molecule has 0 spiro atoms. The fourth-order valence-electron chi connectivity index (χ4n) is 1.41. The van der Waals surface area contributed by atoms with Gasteiger partial charge in [-0.15, -0.1) is 0 Å². The lowest BCUT2D eigenvalue weighted by molar-refractivity contribution is 0.0984. The average molecular weight is 229 g/mol. The summed E-state index contributed by atoms with van der Waals surface area (Å²) in [6.45, 7) is 1.64. The van der Waals surface area contributed by atoms with Gasteiger partial charge in [-0.1, -0.05) is 0 Å². The smallest absolute Gasteiger partial charge is 0.267 e. The molecule has 0 amide bonds. The number of hydrogen-bond donors (Lipinski definition) is 2. The molecule has 3 N–H and O–H groups in total. The van der Waals surface area contributed by atoms with Crippen LogP contribution in [0.5, 0.6) is 5.75 Å². The van der Waals surface area contributed by atoms with Crippen molar-refractivity contribution in [1.29, 1.82) is 0 Å². The summed E-state index contributed by atoms with van der Waals surface area (Å²) < 4.78 is 25.1. The third-order valence-corrected chi connectivity index (χ3v) is 2.26. The fraction of sp³-hybridized carbons (Fsp3) is 0.364. The molecule has 0 aliphatic carbocycles. The topological polar surface area (TPSA) is 63.3 Å². The van der Waals surface area contributed by atoms with E-state index in [2.05, 4.69) is 0 Å². The molecule has 0 unspecified atom stereocenters. The van der Waals surface area contributed by atoms with Crippen LogP contribution in [0.15, 0.2) is 12.1 Å². The Balaban J connectivity index is 3.18. The molecule has 0 atom stereocenters. The van der Waals surface area contributed by atoms with Crippen LogP contribution in [0.25, 0.3) is 0 Å². The standard InChI is InChI=1S/C11H13F2NO2/c1-6-4-7(9(15)2-3-14)5-8(10(6)16)11(12)13/h4-5,11,16H,2-3,14H2,1H3. The molecular formula is C11H13F2NO2. The quantitative estimate of drug-likeness (QED) is 0.778. The van der Waals surface area contributed by atoms with E-state index < -0.39 is 17.7 Å². The summed E-state index contributed by atoms with van der Waals surface area (Å²) in [5.41, 5.74) is 5.13. The molecule has 0 fully saturated rings. The maximum atomic E-state index is 12.5. The van der Waals surface area contributed by atoms with Crippen LogP contribution >= 0.6 is 0 Å². The number of aryl methyl sites for hydroxylation is 1. The van der Waals surface area contributed by atoms with Crippen LogP contribution in [0.1, 0.15) is 34.3 Å². The molecule has 0 radical (unpaired) electrons. The highest BCUT2D eigenvalue weighted by molar-refractivity contribution is 5.96. The first-order valence-electron chi connectivity index (χ1n) is 4.82. The van der Waals surface area contributed by atoms with Crippen LogP contribution in [-0.4, -0.2) is 17.4 Å². The van der Waals surface area contributed by atoms with Crippen molar-refractivity contribution in [2.75, 3.05) is 6.54 Å². The van der Waals surface area contributed by atoms with Gasteiger partial charge in [-0.25, -0.2) is 8.78 Å². The zero-order valence-electron chi connectivity index (χ0n) is 8.84. The molecule has 1 aromatic carbocycles. The number of nitrogens with two attached hydrogens (primary N) is 1. The van der Waals surface area contributed by atoms with Gasteiger partial charge < -0.3 is 10.8 Å². The number of ketones is 1. The van der Waals surface area contributed by atoms with Gasteiger partial charge in [0.2, 0.25) is 0 Å². The highest BCUT2D eigenvalue weighted by atomic mass is 19.3. The van der Waals surface area contributed by atoms with Gasteiger partial charge in [-0.3, -0.25) is 4.79 Å². The van der Waals surface area contributed by atoms with Gasteiger partial charge in [0.15, 0.2) is 5.78 Å². The van der Waals surface area contributed by atoms with Crippen molar-refractivity contribution in [1.82, 2.24) is 0 Å². The van der Waals surface area contributed by atoms with E-state index in [0.717, 1.165) is 6.07 Å². The van der Waals surface area contributed by atoms with E-state index in [-0.39, 0.29) is 29.9 Å². The van der Waals surface area contributed by atoms with Crippen molar-refractivity contribution in [3.8, 4) is 5.75 Å². The number of hydrogen-bond acceptors (Lipinski definition) is 3. The molecular weight excluding hydrogens is 216 g/mol. The predicted octanol–water partition coefficient (Wildman–Crippen LogP) is 2.17. The lowest BCUT2D eigenvalue weighted by atomic mass is 10.0. The average Bonchev–Trinajstić information content (AvgIpc) is 2.21. The molecule has 88 valence electrons. The van der Waals surface area contributed by atoms with E-state index in [4.69, 9.17) is 5.73 Å². The molecule has 0 saturated heterocycles. The Morgan fingerprint density at radius 1 is 1.50 bits per heavy atom. The zero-order valence-corrected chi connectivity index (χ0v) is 8.84. The first kappa shape index (κ1) is 12.6. The van der Waals surface area contributed by atoms with Crippen molar-refractivity contribution >= 4 is 5.78 Å². The van der Waals surface area contributed by atoms with Gasteiger partial charge >= 0.3 is 0 Å². The zero-order chi connectivity index (χ0) is 12.3. The molecule has 1 rings (SSSR count). The number of halogens is 2. The van der Waals surface area contributed by atoms with E-state index in [9.17, 15) is 18.7 Å². The number of aromatic hydroxyl groups is 1. The van der Waals surface area contributed by atoms with E-state index in [1.807, 2.05) is 0 Å². The second kappa shape index (κ2) is 5.03. The summed E-state index contributed by atoms with van der Waals surface area (Å²) in [5.74, 6) is -0.758. The maximum Gasteiger partial charge on any atom is 0.267 e. The lowest BCUT2D eigenvalue weighted by Gasteiger charge is -2.09. The molecule has 0 aliphatic rings. The Bertz CT molecular complexity index is 405. The van der Waals surface area contributed by atoms with Crippen LogP contribution in [0, 0.1) is 6.92 Å². The van der Waals surface area contributed by atoms with Crippen LogP contribution in [0.2, 0.25) is 0 Å². The Labute approximate surface area is 91.9 Å². The Kier molecular flexibility index (Phi) is 3.95. The molecule has 5 heteroatoms. The number of benzene rings is 1. The summed E-state index contributed by atoms with van der Waals surface area (Å²) in [6, 6.07) is 2.41. The van der Waals surface area contributed by atoms with Crippen molar-refractivity contribution in [2.24, 2.45) is 5.73 Å². The van der Waals surface area contributed by atoms with E-state index in [1.54, 1.807) is 0 Å². The van der Waals surface area contributed by atoms with Crippen molar-refractivity contribution in [3.05, 3.63) is 28.8 Å². The van der Waals surface area contributed by atoms with Gasteiger partial charge in [0.05, 0.1) is 5.56 Å². The summed E-state index contributed by atoms with van der Waals surface area (Å²) in [6.07, 6.45) is -2.70. The largest absolute Gasteiger partial charge is 0.507 e. The first-order chi connectivity index (χ1) is 7.47. The molecule has 0 aromatic heterocycles. The molecule has 1 aromatic rings. The Hall–Kier alpha value is -1.49. The normalized spacial score (nSPS) is 10.8. The van der Waals surface area contributed by atoms with E-state index in [0.29, 0.717) is 0 Å². The van der Waals surface area contributed by atoms with Crippen molar-refractivity contribution in [3.63, 3.8) is 0 Å². The van der Waals surface area contributed by atoms with Crippen LogP contribution in [0.3, 0.4) is 0 Å². The number of phenols is 1. The van der Waals surface area contributed by atoms with Gasteiger partial charge in [0, 0.05) is 12.0 Å². The van der Waals surface area contributed by atoms with Crippen LogP contribution < -0.4 is 5.73 Å². The SMILES string of the molecule is Cc1cc(C(=O)CCN)cc(C(F)F)c1O. The Morgan fingerprint density at radius 2 is 2.12 bits per heavy atom. The van der Waals surface area contributed by atoms with Crippen LogP contribution in [-0.2, 0) is 0 Å². The number of rotatable bonds is 4. The number of Topliss-reactive ketones (excluding diaryl/α,β-unsaturated/α-hetero) is 1. The minimum absolute atomic E-state index is 0.104. The molecule has 0 aliphatic heterocycles. The minimum atomic E-state index is -2.80. The second-order valence-corrected chi connectivity index (χ2v) is 3.49. The van der Waals surface area contributed by atoms with E-state index >= 15 is 0 Å². The number of carbonyl (C=O) groups is 1. The van der Waals surface area contributed by atoms with Crippen molar-refractivity contribution < 1.29 is 18.7 Å². The highest BCUT2D eigenvalue weighted by Crippen LogP contribution is 2.32. The number of carbonyl (C=O) groups excluding carboxylic acids is 1. The maximum absolute atomic E-state index is 12.5. The van der Waals surface area contributed by atoms with Gasteiger partial charge in [-0.05, 0) is 31.2 Å². The predicted molar refractivity (Wildman–Crippen MR) is 55.8 cm³/mol. The first-order valence-corrected chi connectivity index (χ1v) is 4.82. The number of phenolic OH excluding ortho intramolecular Hbond substituents is 1. The summed E-state index contributed by atoms with van der Waals surface area (Å²) in [7, 11) is 0. The van der Waals surface area contributed by atoms with Gasteiger partial charge in [-0.2, -0.15) is 0 Å². The van der Waals surface area contributed by atoms with Crippen molar-refractivity contribution in [2.45, 2.75) is 19.8 Å². The molecule has 3 nitrogen and oxygen atoms in total. The Morgan fingerprint density at radius 3 is 2.62 bits per heavy atom. The van der Waals surface area contributed by atoms with Crippen LogP contribution in [0.4, 0.5) is 8.78 Å². The summed E-state index contributed by atoms with van der Waals surface area (Å²) in [5, 5.41) is 9.39. The second-order valence-electron chi connectivity index (χ2n) is 3.49.